The van der Waals surface area contributed by atoms with Crippen molar-refractivity contribution in [3.63, 3.8) is 0 Å². The van der Waals surface area contributed by atoms with Crippen molar-refractivity contribution in [3.8, 4) is 0 Å². The van der Waals surface area contributed by atoms with Crippen LogP contribution >= 0.6 is 0 Å². The minimum atomic E-state index is -0.575. The minimum absolute atomic E-state index is 0.273. The van der Waals surface area contributed by atoms with Crippen molar-refractivity contribution in [1.29, 1.82) is 0 Å². The van der Waals surface area contributed by atoms with Gasteiger partial charge in [0.1, 0.15) is 20.0 Å². The maximum absolute atomic E-state index is 11.3. The molecule has 0 N–H and O–H groups in total. The average Bonchev–Trinajstić information content (AvgIpc) is 2.97. The fourth-order valence-corrected chi connectivity index (χ4v) is 3.24. The molecular formula is C31H46O7. The van der Waals surface area contributed by atoms with Crippen molar-refractivity contribution in [2.24, 2.45) is 0 Å². The minimum Gasteiger partial charge on any atom is -0.434 e. The van der Waals surface area contributed by atoms with E-state index in [2.05, 4.69) is 13.8 Å². The lowest BCUT2D eigenvalue weighted by Crippen LogP contribution is -2.08. The summed E-state index contributed by atoms with van der Waals surface area (Å²) in [6, 6.07) is 19.2. The van der Waals surface area contributed by atoms with Gasteiger partial charge in [0, 0.05) is 0 Å². The average molecular weight is 531 g/mol. The van der Waals surface area contributed by atoms with Crippen LogP contribution < -0.4 is 0 Å². The molecule has 7 heteroatoms. The third kappa shape index (κ3) is 21.9. The van der Waals surface area contributed by atoms with Crippen LogP contribution in [0.5, 0.6) is 0 Å². The lowest BCUT2D eigenvalue weighted by Gasteiger charge is -2.06. The van der Waals surface area contributed by atoms with E-state index in [0.29, 0.717) is 13.2 Å². The van der Waals surface area contributed by atoms with Crippen LogP contribution in [0.4, 0.5) is 9.59 Å². The maximum Gasteiger partial charge on any atom is 0.508 e. The van der Waals surface area contributed by atoms with Crippen LogP contribution in [-0.4, -0.2) is 32.3 Å². The second-order valence-corrected chi connectivity index (χ2v) is 8.57. The summed E-state index contributed by atoms with van der Waals surface area (Å²) < 4.78 is 20.0. The lowest BCUT2D eigenvalue weighted by atomic mass is 10.2. The zero-order valence-electron chi connectivity index (χ0n) is 23.2. The standard InChI is InChI=1S/2C15H22O3.CH2O/c2*1-2-3-4-5-9-12-17-15(16)18-13-14-10-7-6-8-11-14;1-2/h2*6-8,10-11H,2-5,9,12-13H2,1H3;1H2. The first-order valence-corrected chi connectivity index (χ1v) is 13.6. The van der Waals surface area contributed by atoms with Crippen molar-refractivity contribution in [2.75, 3.05) is 13.2 Å². The Kier molecular flexibility index (Phi) is 24.4. The Morgan fingerprint density at radius 2 is 0.868 bits per heavy atom. The van der Waals surface area contributed by atoms with Crippen LogP contribution in [0, 0.1) is 0 Å². The van der Waals surface area contributed by atoms with Crippen LogP contribution in [0.2, 0.25) is 0 Å². The maximum atomic E-state index is 11.3. The SMILES string of the molecule is C=O.CCCCCCCOC(=O)OCc1ccccc1.CCCCCCCOC(=O)OCc1ccccc1. The van der Waals surface area contributed by atoms with Crippen molar-refractivity contribution in [1.82, 2.24) is 0 Å². The highest BCUT2D eigenvalue weighted by atomic mass is 16.7. The van der Waals surface area contributed by atoms with Gasteiger partial charge in [-0.05, 0) is 24.0 Å². The highest BCUT2D eigenvalue weighted by Crippen LogP contribution is 2.06. The largest absolute Gasteiger partial charge is 0.508 e. The molecule has 0 spiro atoms. The van der Waals surface area contributed by atoms with Crippen LogP contribution in [0.25, 0.3) is 0 Å². The number of unbranched alkanes of at least 4 members (excludes halogenated alkanes) is 8. The molecule has 0 aliphatic heterocycles. The highest BCUT2D eigenvalue weighted by Gasteiger charge is 2.04. The van der Waals surface area contributed by atoms with Crippen molar-refractivity contribution >= 4 is 19.1 Å². The van der Waals surface area contributed by atoms with E-state index in [4.69, 9.17) is 23.7 Å². The molecule has 0 saturated heterocycles. The Morgan fingerprint density at radius 1 is 0.526 bits per heavy atom. The smallest absolute Gasteiger partial charge is 0.434 e. The van der Waals surface area contributed by atoms with Crippen molar-refractivity contribution < 1.29 is 33.3 Å². The molecule has 0 unspecified atom stereocenters. The predicted octanol–water partition coefficient (Wildman–Crippen LogP) is 8.44. The number of carbonyl (C=O) groups is 3. The summed E-state index contributed by atoms with van der Waals surface area (Å²) in [5.41, 5.74) is 1.94. The molecule has 2 aromatic rings. The van der Waals surface area contributed by atoms with Gasteiger partial charge in [0.25, 0.3) is 0 Å². The molecule has 0 saturated carbocycles. The Labute approximate surface area is 228 Å². The van der Waals surface area contributed by atoms with E-state index in [1.165, 1.54) is 38.5 Å². The van der Waals surface area contributed by atoms with E-state index in [9.17, 15) is 9.59 Å². The van der Waals surface area contributed by atoms with Gasteiger partial charge in [-0.3, -0.25) is 0 Å². The molecule has 0 heterocycles. The van der Waals surface area contributed by atoms with Gasteiger partial charge >= 0.3 is 12.3 Å². The molecule has 0 aliphatic rings. The van der Waals surface area contributed by atoms with Gasteiger partial charge in [0.15, 0.2) is 0 Å². The van der Waals surface area contributed by atoms with E-state index >= 15 is 0 Å². The Hall–Kier alpha value is -3.35. The number of ether oxygens (including phenoxy) is 4. The summed E-state index contributed by atoms with van der Waals surface area (Å²) in [7, 11) is 0. The monoisotopic (exact) mass is 530 g/mol. The quantitative estimate of drug-likeness (QED) is 0.159. The molecule has 212 valence electrons. The second-order valence-electron chi connectivity index (χ2n) is 8.57. The highest BCUT2D eigenvalue weighted by molar-refractivity contribution is 5.60. The second kappa shape index (κ2) is 26.7. The molecule has 0 bridgehead atoms. The van der Waals surface area contributed by atoms with Crippen molar-refractivity contribution in [2.45, 2.75) is 91.3 Å². The number of hydrogen-bond acceptors (Lipinski definition) is 7. The van der Waals surface area contributed by atoms with Gasteiger partial charge < -0.3 is 23.7 Å². The zero-order valence-corrected chi connectivity index (χ0v) is 23.2. The van der Waals surface area contributed by atoms with Gasteiger partial charge in [-0.25, -0.2) is 9.59 Å². The van der Waals surface area contributed by atoms with Crippen LogP contribution in [0.1, 0.15) is 89.2 Å². The van der Waals surface area contributed by atoms with Gasteiger partial charge in [-0.1, -0.05) is 126 Å². The molecule has 0 aromatic heterocycles. The van der Waals surface area contributed by atoms with Gasteiger partial charge in [0.2, 0.25) is 0 Å². The summed E-state index contributed by atoms with van der Waals surface area (Å²) in [5, 5.41) is 0. The molecule has 2 rings (SSSR count). The van der Waals surface area contributed by atoms with Crippen molar-refractivity contribution in [3.05, 3.63) is 71.8 Å². The molecule has 0 fully saturated rings. The molecule has 0 radical (unpaired) electrons. The van der Waals surface area contributed by atoms with E-state index in [-0.39, 0.29) is 13.2 Å². The van der Waals surface area contributed by atoms with Crippen LogP contribution in [-0.2, 0) is 37.0 Å². The molecule has 0 aliphatic carbocycles. The topological polar surface area (TPSA) is 88.1 Å². The molecule has 0 amide bonds. The van der Waals surface area contributed by atoms with E-state index in [0.717, 1.165) is 36.8 Å². The number of benzene rings is 2. The van der Waals surface area contributed by atoms with Crippen LogP contribution in [0.3, 0.4) is 0 Å². The fraction of sp³-hybridized carbons (Fsp3) is 0.516. The Balaban J connectivity index is 0.000000676. The molecule has 38 heavy (non-hydrogen) atoms. The number of rotatable bonds is 16. The third-order valence-corrected chi connectivity index (χ3v) is 5.33. The third-order valence-electron chi connectivity index (χ3n) is 5.33. The summed E-state index contributed by atoms with van der Waals surface area (Å²) in [4.78, 5) is 30.5. The lowest BCUT2D eigenvalue weighted by molar-refractivity contribution is -0.0980. The zero-order chi connectivity index (χ0) is 28.1. The summed E-state index contributed by atoms with van der Waals surface area (Å²) in [5.74, 6) is 0. The summed E-state index contributed by atoms with van der Waals surface area (Å²) in [6.07, 6.45) is 10.3. The van der Waals surface area contributed by atoms with Crippen LogP contribution in [0.15, 0.2) is 60.7 Å². The number of carbonyl (C=O) groups excluding carboxylic acids is 3. The molecule has 7 nitrogen and oxygen atoms in total. The predicted molar refractivity (Wildman–Crippen MR) is 150 cm³/mol. The first-order chi connectivity index (χ1) is 18.7. The molecular weight excluding hydrogens is 484 g/mol. The van der Waals surface area contributed by atoms with E-state index in [1.54, 1.807) is 0 Å². The van der Waals surface area contributed by atoms with E-state index in [1.807, 2.05) is 67.5 Å². The van der Waals surface area contributed by atoms with E-state index < -0.39 is 12.3 Å². The first kappa shape index (κ1) is 34.6. The Morgan fingerprint density at radius 3 is 1.21 bits per heavy atom. The summed E-state index contributed by atoms with van der Waals surface area (Å²) >= 11 is 0. The van der Waals surface area contributed by atoms with Gasteiger partial charge in [-0.2, -0.15) is 0 Å². The Bertz CT molecular complexity index is 729. The van der Waals surface area contributed by atoms with Gasteiger partial charge in [0.05, 0.1) is 13.2 Å². The van der Waals surface area contributed by atoms with Gasteiger partial charge in [-0.15, -0.1) is 0 Å². The summed E-state index contributed by atoms with van der Waals surface area (Å²) in [6.45, 7) is 7.81. The number of hydrogen-bond donors (Lipinski definition) is 0. The fourth-order valence-electron chi connectivity index (χ4n) is 3.24. The molecule has 2 aromatic carbocycles. The normalized spacial score (nSPS) is 9.63. The molecule has 0 atom stereocenters. The first-order valence-electron chi connectivity index (χ1n) is 13.6.